The van der Waals surface area contributed by atoms with Crippen LogP contribution in [0.15, 0.2) is 24.3 Å². The zero-order valence-corrected chi connectivity index (χ0v) is 14.3. The van der Waals surface area contributed by atoms with Gasteiger partial charge in [-0.05, 0) is 24.3 Å². The number of para-hydroxylation sites is 2. The van der Waals surface area contributed by atoms with Crippen molar-refractivity contribution < 1.29 is 14.7 Å². The molecule has 2 rings (SSSR count). The van der Waals surface area contributed by atoms with Crippen molar-refractivity contribution >= 4 is 34.7 Å². The first-order chi connectivity index (χ1) is 10.9. The molecule has 1 heterocycles. The van der Waals surface area contributed by atoms with Crippen LogP contribution in [0.3, 0.4) is 0 Å². The summed E-state index contributed by atoms with van der Waals surface area (Å²) in [5.41, 5.74) is 1.71. The van der Waals surface area contributed by atoms with Gasteiger partial charge in [-0.15, -0.1) is 0 Å². The molecule has 0 fully saturated rings. The molecule has 0 radical (unpaired) electrons. The molecular formula is C16H21N3O3S. The molecule has 2 aromatic rings. The molecule has 0 saturated carbocycles. The van der Waals surface area contributed by atoms with Gasteiger partial charge in [-0.2, -0.15) is 11.8 Å². The predicted molar refractivity (Wildman–Crippen MR) is 91.4 cm³/mol. The minimum atomic E-state index is -1.02. The summed E-state index contributed by atoms with van der Waals surface area (Å²) in [5, 5.41) is 11.8. The van der Waals surface area contributed by atoms with Crippen LogP contribution in [-0.4, -0.2) is 38.8 Å². The standard InChI is InChI=1S/C16H21N3O3S/c1-10(2)15(16(21)22)18-14(20)8-19-12-7-5-4-6-11(12)17-13(19)9-23-3/h4-7,10,15H,8-9H2,1-3H3,(H,18,20)(H,21,22)/t15-/m0/s1. The number of hydrogen-bond acceptors (Lipinski definition) is 4. The minimum Gasteiger partial charge on any atom is -0.480 e. The maximum Gasteiger partial charge on any atom is 0.326 e. The highest BCUT2D eigenvalue weighted by Crippen LogP contribution is 2.19. The summed E-state index contributed by atoms with van der Waals surface area (Å²) in [5.74, 6) is -0.0224. The third kappa shape index (κ3) is 4.04. The molecule has 0 spiro atoms. The van der Waals surface area contributed by atoms with E-state index in [1.54, 1.807) is 25.6 Å². The van der Waals surface area contributed by atoms with E-state index in [0.717, 1.165) is 16.9 Å². The van der Waals surface area contributed by atoms with Gasteiger partial charge in [-0.25, -0.2) is 9.78 Å². The lowest BCUT2D eigenvalue weighted by Crippen LogP contribution is -2.45. The Kier molecular flexibility index (Phi) is 5.65. The summed E-state index contributed by atoms with van der Waals surface area (Å²) in [7, 11) is 0. The Morgan fingerprint density at radius 3 is 2.65 bits per heavy atom. The molecule has 0 aliphatic heterocycles. The van der Waals surface area contributed by atoms with Crippen molar-refractivity contribution in [3.63, 3.8) is 0 Å². The number of nitrogens with one attached hydrogen (secondary N) is 1. The van der Waals surface area contributed by atoms with E-state index in [1.807, 2.05) is 35.1 Å². The number of aromatic nitrogens is 2. The molecule has 23 heavy (non-hydrogen) atoms. The number of hydrogen-bond donors (Lipinski definition) is 2. The highest BCUT2D eigenvalue weighted by Gasteiger charge is 2.24. The number of thioether (sulfide) groups is 1. The SMILES string of the molecule is CSCc1nc2ccccc2n1CC(=O)N[C@H](C(=O)O)C(C)C. The van der Waals surface area contributed by atoms with Crippen LogP contribution in [0.4, 0.5) is 0 Å². The molecule has 0 aliphatic rings. The van der Waals surface area contributed by atoms with Crippen molar-refractivity contribution in [1.29, 1.82) is 0 Å². The fraction of sp³-hybridized carbons (Fsp3) is 0.438. The van der Waals surface area contributed by atoms with Gasteiger partial charge in [0, 0.05) is 0 Å². The van der Waals surface area contributed by atoms with Gasteiger partial charge in [-0.1, -0.05) is 26.0 Å². The van der Waals surface area contributed by atoms with E-state index in [0.29, 0.717) is 5.75 Å². The van der Waals surface area contributed by atoms with Crippen molar-refractivity contribution in [2.75, 3.05) is 6.26 Å². The van der Waals surface area contributed by atoms with Gasteiger partial charge >= 0.3 is 5.97 Å². The number of nitrogens with zero attached hydrogens (tertiary/aromatic N) is 2. The van der Waals surface area contributed by atoms with Gasteiger partial charge in [-0.3, -0.25) is 4.79 Å². The average Bonchev–Trinajstić information content (AvgIpc) is 2.82. The Morgan fingerprint density at radius 1 is 1.35 bits per heavy atom. The Labute approximate surface area is 139 Å². The Hall–Kier alpha value is -2.02. The van der Waals surface area contributed by atoms with Crippen molar-refractivity contribution in [3.8, 4) is 0 Å². The first kappa shape index (κ1) is 17.3. The van der Waals surface area contributed by atoms with E-state index in [9.17, 15) is 14.7 Å². The van der Waals surface area contributed by atoms with Gasteiger partial charge in [0.15, 0.2) is 0 Å². The second kappa shape index (κ2) is 7.50. The Balaban J connectivity index is 2.24. The molecular weight excluding hydrogens is 314 g/mol. The number of carbonyl (C=O) groups excluding carboxylic acids is 1. The molecule has 0 unspecified atom stereocenters. The quantitative estimate of drug-likeness (QED) is 0.810. The third-order valence-electron chi connectivity index (χ3n) is 3.56. The molecule has 0 saturated heterocycles. The maximum atomic E-state index is 12.3. The van der Waals surface area contributed by atoms with Gasteiger partial charge in [0.25, 0.3) is 0 Å². The molecule has 124 valence electrons. The van der Waals surface area contributed by atoms with E-state index in [-0.39, 0.29) is 18.4 Å². The lowest BCUT2D eigenvalue weighted by molar-refractivity contribution is -0.143. The minimum absolute atomic E-state index is 0.0624. The molecule has 1 aromatic carbocycles. The Bertz CT molecular complexity index is 712. The zero-order valence-electron chi connectivity index (χ0n) is 13.4. The number of amides is 1. The summed E-state index contributed by atoms with van der Waals surface area (Å²) < 4.78 is 1.85. The van der Waals surface area contributed by atoms with Crippen LogP contribution in [0.1, 0.15) is 19.7 Å². The molecule has 2 N–H and O–H groups in total. The van der Waals surface area contributed by atoms with Crippen molar-refractivity contribution in [2.45, 2.75) is 32.2 Å². The molecule has 0 bridgehead atoms. The van der Waals surface area contributed by atoms with Crippen molar-refractivity contribution in [1.82, 2.24) is 14.9 Å². The zero-order chi connectivity index (χ0) is 17.0. The van der Waals surface area contributed by atoms with Crippen LogP contribution in [0.25, 0.3) is 11.0 Å². The smallest absolute Gasteiger partial charge is 0.326 e. The number of imidazole rings is 1. The molecule has 0 aliphatic carbocycles. The summed E-state index contributed by atoms with van der Waals surface area (Å²) in [6, 6.07) is 6.73. The average molecular weight is 335 g/mol. The number of benzene rings is 1. The van der Waals surface area contributed by atoms with Crippen LogP contribution in [0.5, 0.6) is 0 Å². The second-order valence-corrected chi connectivity index (χ2v) is 6.53. The molecule has 1 amide bonds. The van der Waals surface area contributed by atoms with Crippen LogP contribution in [0, 0.1) is 5.92 Å². The molecule has 7 heteroatoms. The molecule has 6 nitrogen and oxygen atoms in total. The summed E-state index contributed by atoms with van der Waals surface area (Å²) in [6.07, 6.45) is 1.98. The largest absolute Gasteiger partial charge is 0.480 e. The van der Waals surface area contributed by atoms with E-state index in [4.69, 9.17) is 0 Å². The number of aliphatic carboxylic acids is 1. The second-order valence-electron chi connectivity index (χ2n) is 5.66. The van der Waals surface area contributed by atoms with E-state index < -0.39 is 12.0 Å². The van der Waals surface area contributed by atoms with Crippen molar-refractivity contribution in [3.05, 3.63) is 30.1 Å². The van der Waals surface area contributed by atoms with Gasteiger partial charge in [0.2, 0.25) is 5.91 Å². The number of carbonyl (C=O) groups is 2. The molecule has 1 atom stereocenters. The van der Waals surface area contributed by atoms with E-state index in [1.165, 1.54) is 0 Å². The highest BCUT2D eigenvalue weighted by atomic mass is 32.2. The fourth-order valence-electron chi connectivity index (χ4n) is 2.42. The summed E-state index contributed by atoms with van der Waals surface area (Å²) >= 11 is 1.63. The molecule has 1 aromatic heterocycles. The van der Waals surface area contributed by atoms with Gasteiger partial charge in [0.05, 0.1) is 16.8 Å². The number of fused-ring (bicyclic) bond motifs is 1. The van der Waals surface area contributed by atoms with Gasteiger partial charge < -0.3 is 15.0 Å². The van der Waals surface area contributed by atoms with Crippen LogP contribution < -0.4 is 5.32 Å². The summed E-state index contributed by atoms with van der Waals surface area (Å²) in [6.45, 7) is 3.60. The van der Waals surface area contributed by atoms with Crippen LogP contribution >= 0.6 is 11.8 Å². The van der Waals surface area contributed by atoms with Crippen molar-refractivity contribution in [2.24, 2.45) is 5.92 Å². The van der Waals surface area contributed by atoms with Gasteiger partial charge in [0.1, 0.15) is 18.4 Å². The number of carboxylic acid groups (broad SMARTS) is 1. The number of rotatable bonds is 7. The van der Waals surface area contributed by atoms with Crippen LogP contribution in [0.2, 0.25) is 0 Å². The fourth-order valence-corrected chi connectivity index (χ4v) is 2.90. The third-order valence-corrected chi connectivity index (χ3v) is 4.10. The predicted octanol–water partition coefficient (Wildman–Crippen LogP) is 2.12. The first-order valence-corrected chi connectivity index (χ1v) is 8.78. The highest BCUT2D eigenvalue weighted by molar-refractivity contribution is 7.97. The topological polar surface area (TPSA) is 84.2 Å². The number of carboxylic acids is 1. The maximum absolute atomic E-state index is 12.3. The normalized spacial score (nSPS) is 12.5. The van der Waals surface area contributed by atoms with E-state index in [2.05, 4.69) is 10.3 Å². The lowest BCUT2D eigenvalue weighted by atomic mass is 10.1. The monoisotopic (exact) mass is 335 g/mol. The summed E-state index contributed by atoms with van der Waals surface area (Å²) in [4.78, 5) is 28.1. The lowest BCUT2D eigenvalue weighted by Gasteiger charge is -2.18. The van der Waals surface area contributed by atoms with Crippen LogP contribution in [-0.2, 0) is 21.9 Å². The van der Waals surface area contributed by atoms with E-state index >= 15 is 0 Å². The Morgan fingerprint density at radius 2 is 2.04 bits per heavy atom. The first-order valence-electron chi connectivity index (χ1n) is 7.39.